The van der Waals surface area contributed by atoms with Gasteiger partial charge in [0.15, 0.2) is 6.61 Å². The van der Waals surface area contributed by atoms with Gasteiger partial charge in [-0.15, -0.1) is 0 Å². The molecular formula is C17H16BrNO5. The number of amides is 1. The number of carbonyl (C=O) groups is 2. The topological polar surface area (TPSA) is 87.8 Å². The molecule has 0 radical (unpaired) electrons. The van der Waals surface area contributed by atoms with Gasteiger partial charge in [0, 0.05) is 0 Å². The van der Waals surface area contributed by atoms with Crippen LogP contribution in [0.25, 0.3) is 0 Å². The number of benzene rings is 2. The monoisotopic (exact) mass is 393 g/mol. The number of ether oxygens (including phenoxy) is 3. The van der Waals surface area contributed by atoms with Crippen LogP contribution in [0.4, 0.5) is 0 Å². The molecule has 0 atom stereocenters. The highest BCUT2D eigenvalue weighted by molar-refractivity contribution is 9.10. The first kappa shape index (κ1) is 17.8. The Bertz CT molecular complexity index is 730. The second-order valence-electron chi connectivity index (χ2n) is 4.82. The van der Waals surface area contributed by atoms with Gasteiger partial charge in [0.2, 0.25) is 0 Å². The highest BCUT2D eigenvalue weighted by atomic mass is 79.9. The first-order valence-corrected chi connectivity index (χ1v) is 7.79. The molecule has 0 unspecified atom stereocenters. The maximum atomic E-state index is 12.0. The average molecular weight is 394 g/mol. The molecule has 0 aliphatic heterocycles. The SMILES string of the molecule is COc1ccc(COC(=O)c2ccc(OCC(N)=O)cc2)cc1Br. The molecule has 0 aliphatic carbocycles. The summed E-state index contributed by atoms with van der Waals surface area (Å²) in [5.74, 6) is 0.133. The molecule has 6 nitrogen and oxygen atoms in total. The summed E-state index contributed by atoms with van der Waals surface area (Å²) in [6.07, 6.45) is 0. The smallest absolute Gasteiger partial charge is 0.338 e. The third-order valence-corrected chi connectivity index (χ3v) is 3.68. The zero-order valence-corrected chi connectivity index (χ0v) is 14.5. The molecule has 7 heteroatoms. The molecule has 0 aromatic heterocycles. The van der Waals surface area contributed by atoms with Gasteiger partial charge in [-0.3, -0.25) is 4.79 Å². The zero-order valence-electron chi connectivity index (χ0n) is 13.0. The van der Waals surface area contributed by atoms with Crippen molar-refractivity contribution in [3.05, 3.63) is 58.1 Å². The number of nitrogens with two attached hydrogens (primary N) is 1. The predicted molar refractivity (Wildman–Crippen MR) is 90.9 cm³/mol. The van der Waals surface area contributed by atoms with E-state index in [0.29, 0.717) is 17.1 Å². The molecule has 0 spiro atoms. The van der Waals surface area contributed by atoms with Crippen LogP contribution in [0, 0.1) is 0 Å². The Labute approximate surface area is 147 Å². The van der Waals surface area contributed by atoms with E-state index in [-0.39, 0.29) is 13.2 Å². The number of halogens is 1. The number of carbonyl (C=O) groups excluding carboxylic acids is 2. The van der Waals surface area contributed by atoms with Gasteiger partial charge >= 0.3 is 5.97 Å². The maximum Gasteiger partial charge on any atom is 0.338 e. The largest absolute Gasteiger partial charge is 0.496 e. The number of primary amides is 1. The molecule has 24 heavy (non-hydrogen) atoms. The average Bonchev–Trinajstić information content (AvgIpc) is 2.58. The summed E-state index contributed by atoms with van der Waals surface area (Å²) in [6.45, 7) is -0.0719. The van der Waals surface area contributed by atoms with Crippen LogP contribution in [0.2, 0.25) is 0 Å². The van der Waals surface area contributed by atoms with E-state index in [1.807, 2.05) is 12.1 Å². The fourth-order valence-corrected chi connectivity index (χ4v) is 2.46. The molecule has 0 bridgehead atoms. The fraction of sp³-hybridized carbons (Fsp3) is 0.176. The first-order valence-electron chi connectivity index (χ1n) is 7.00. The van der Waals surface area contributed by atoms with E-state index >= 15 is 0 Å². The Morgan fingerprint density at radius 2 is 1.83 bits per heavy atom. The van der Waals surface area contributed by atoms with Crippen molar-refractivity contribution in [3.8, 4) is 11.5 Å². The molecular weight excluding hydrogens is 378 g/mol. The van der Waals surface area contributed by atoms with Crippen LogP contribution < -0.4 is 15.2 Å². The van der Waals surface area contributed by atoms with Crippen LogP contribution in [-0.2, 0) is 16.1 Å². The first-order chi connectivity index (χ1) is 11.5. The van der Waals surface area contributed by atoms with Gasteiger partial charge in [-0.1, -0.05) is 6.07 Å². The second kappa shape index (κ2) is 8.35. The standard InChI is InChI=1S/C17H16BrNO5/c1-22-15-7-2-11(8-14(15)18)9-24-17(21)12-3-5-13(6-4-12)23-10-16(19)20/h2-8H,9-10H2,1H3,(H2,19,20). The molecule has 1 amide bonds. The summed E-state index contributed by atoms with van der Waals surface area (Å²) in [7, 11) is 1.58. The molecule has 126 valence electrons. The summed E-state index contributed by atoms with van der Waals surface area (Å²) < 4.78 is 16.3. The van der Waals surface area contributed by atoms with E-state index in [1.54, 1.807) is 37.4 Å². The van der Waals surface area contributed by atoms with Gasteiger partial charge in [0.1, 0.15) is 18.1 Å². The minimum absolute atomic E-state index is 0.140. The van der Waals surface area contributed by atoms with Crippen LogP contribution in [0.15, 0.2) is 46.9 Å². The van der Waals surface area contributed by atoms with Gasteiger partial charge in [-0.25, -0.2) is 4.79 Å². The summed E-state index contributed by atoms with van der Waals surface area (Å²) >= 11 is 3.38. The normalized spacial score (nSPS) is 10.1. The molecule has 0 heterocycles. The van der Waals surface area contributed by atoms with Crippen molar-refractivity contribution >= 4 is 27.8 Å². The van der Waals surface area contributed by atoms with Crippen LogP contribution in [-0.4, -0.2) is 25.6 Å². The molecule has 0 fully saturated rings. The van der Waals surface area contributed by atoms with Crippen LogP contribution >= 0.6 is 15.9 Å². The minimum atomic E-state index is -0.566. The molecule has 2 rings (SSSR count). The molecule has 2 aromatic rings. The lowest BCUT2D eigenvalue weighted by Gasteiger charge is -2.08. The van der Waals surface area contributed by atoms with Crippen molar-refractivity contribution in [1.82, 2.24) is 0 Å². The number of hydrogen-bond donors (Lipinski definition) is 1. The maximum absolute atomic E-state index is 12.0. The molecule has 2 N–H and O–H groups in total. The summed E-state index contributed by atoms with van der Waals surface area (Å²) in [6, 6.07) is 11.7. The number of methoxy groups -OCH3 is 1. The summed E-state index contributed by atoms with van der Waals surface area (Å²) in [5.41, 5.74) is 6.21. The second-order valence-corrected chi connectivity index (χ2v) is 5.68. The molecule has 2 aromatic carbocycles. The Balaban J connectivity index is 1.92. The fourth-order valence-electron chi connectivity index (χ4n) is 1.87. The van der Waals surface area contributed by atoms with Gasteiger partial charge < -0.3 is 19.9 Å². The third kappa shape index (κ3) is 4.99. The van der Waals surface area contributed by atoms with Crippen molar-refractivity contribution in [2.24, 2.45) is 5.73 Å². The van der Waals surface area contributed by atoms with Crippen molar-refractivity contribution in [2.45, 2.75) is 6.61 Å². The van der Waals surface area contributed by atoms with Crippen LogP contribution in [0.1, 0.15) is 15.9 Å². The lowest BCUT2D eigenvalue weighted by atomic mass is 10.2. The van der Waals surface area contributed by atoms with Gasteiger partial charge in [-0.2, -0.15) is 0 Å². The van der Waals surface area contributed by atoms with E-state index in [0.717, 1.165) is 10.0 Å². The van der Waals surface area contributed by atoms with E-state index in [2.05, 4.69) is 15.9 Å². The van der Waals surface area contributed by atoms with E-state index in [9.17, 15) is 9.59 Å². The van der Waals surface area contributed by atoms with Gasteiger partial charge in [0.25, 0.3) is 5.91 Å². The predicted octanol–water partition coefficient (Wildman–Crippen LogP) is 2.68. The lowest BCUT2D eigenvalue weighted by Crippen LogP contribution is -2.20. The Morgan fingerprint density at radius 3 is 2.42 bits per heavy atom. The van der Waals surface area contributed by atoms with Gasteiger partial charge in [0.05, 0.1) is 17.1 Å². The number of hydrogen-bond acceptors (Lipinski definition) is 5. The Hall–Kier alpha value is -2.54. The molecule has 0 saturated heterocycles. The van der Waals surface area contributed by atoms with E-state index in [4.69, 9.17) is 19.9 Å². The highest BCUT2D eigenvalue weighted by Crippen LogP contribution is 2.26. The summed E-state index contributed by atoms with van der Waals surface area (Å²) in [4.78, 5) is 22.7. The summed E-state index contributed by atoms with van der Waals surface area (Å²) in [5, 5.41) is 0. The van der Waals surface area contributed by atoms with Crippen molar-refractivity contribution in [3.63, 3.8) is 0 Å². The van der Waals surface area contributed by atoms with Crippen LogP contribution in [0.5, 0.6) is 11.5 Å². The Morgan fingerprint density at radius 1 is 1.12 bits per heavy atom. The van der Waals surface area contributed by atoms with Crippen molar-refractivity contribution in [1.29, 1.82) is 0 Å². The van der Waals surface area contributed by atoms with Gasteiger partial charge in [-0.05, 0) is 57.9 Å². The zero-order chi connectivity index (χ0) is 17.5. The molecule has 0 aliphatic rings. The van der Waals surface area contributed by atoms with Crippen LogP contribution in [0.3, 0.4) is 0 Å². The minimum Gasteiger partial charge on any atom is -0.496 e. The third-order valence-electron chi connectivity index (χ3n) is 3.06. The number of rotatable bonds is 7. The quantitative estimate of drug-likeness (QED) is 0.730. The van der Waals surface area contributed by atoms with Crippen molar-refractivity contribution < 1.29 is 23.8 Å². The Kier molecular flexibility index (Phi) is 6.20. The van der Waals surface area contributed by atoms with Crippen molar-refractivity contribution in [2.75, 3.05) is 13.7 Å². The molecule has 0 saturated carbocycles. The van der Waals surface area contributed by atoms with E-state index < -0.39 is 11.9 Å². The highest BCUT2D eigenvalue weighted by Gasteiger charge is 2.09. The number of esters is 1. The van der Waals surface area contributed by atoms with E-state index in [1.165, 1.54) is 0 Å². The lowest BCUT2D eigenvalue weighted by molar-refractivity contribution is -0.119.